The van der Waals surface area contributed by atoms with Gasteiger partial charge in [-0.3, -0.25) is 4.21 Å². The number of nitrogens with one attached hydrogen (secondary N) is 1. The van der Waals surface area contributed by atoms with Gasteiger partial charge in [0.2, 0.25) is 0 Å². The molecule has 0 saturated carbocycles. The quantitative estimate of drug-likeness (QED) is 0.828. The molecule has 4 heteroatoms. The van der Waals surface area contributed by atoms with E-state index < -0.39 is 10.8 Å². The fraction of sp³-hybridized carbons (Fsp3) is 0.714. The lowest BCUT2D eigenvalue weighted by atomic mass is 10.2. The first kappa shape index (κ1) is 15.4. The molecular formula is C14H25NO2S. The first-order valence-corrected chi connectivity index (χ1v) is 7.96. The van der Waals surface area contributed by atoms with E-state index in [2.05, 4.69) is 33.0 Å². The third kappa shape index (κ3) is 4.94. The summed E-state index contributed by atoms with van der Waals surface area (Å²) < 4.78 is 17.7. The normalized spacial score (nSPS) is 15.3. The summed E-state index contributed by atoms with van der Waals surface area (Å²) in [5.41, 5.74) is 0. The van der Waals surface area contributed by atoms with Gasteiger partial charge in [0.05, 0.1) is 12.3 Å². The average molecular weight is 271 g/mol. The molecule has 1 heterocycles. The highest BCUT2D eigenvalue weighted by Crippen LogP contribution is 2.15. The summed E-state index contributed by atoms with van der Waals surface area (Å²) in [5.74, 6) is 2.68. The molecule has 1 aromatic heterocycles. The Kier molecular flexibility index (Phi) is 6.09. The van der Waals surface area contributed by atoms with Crippen LogP contribution in [0.15, 0.2) is 16.5 Å². The van der Waals surface area contributed by atoms with Crippen LogP contribution in [0.25, 0.3) is 0 Å². The molecule has 1 aromatic rings. The second-order valence-electron chi connectivity index (χ2n) is 5.38. The summed E-state index contributed by atoms with van der Waals surface area (Å²) in [5, 5.41) is 3.50. The van der Waals surface area contributed by atoms with Crippen LogP contribution >= 0.6 is 0 Å². The van der Waals surface area contributed by atoms with Gasteiger partial charge < -0.3 is 9.73 Å². The SMILES string of the molecule is CC(C)NCc1ccc(CS(=O)C(C)C(C)C)o1. The molecule has 2 unspecified atom stereocenters. The van der Waals surface area contributed by atoms with Crippen LogP contribution in [-0.2, 0) is 23.1 Å². The highest BCUT2D eigenvalue weighted by Gasteiger charge is 2.16. The van der Waals surface area contributed by atoms with Gasteiger partial charge in [0, 0.05) is 22.1 Å². The number of rotatable bonds is 7. The molecule has 0 fully saturated rings. The van der Waals surface area contributed by atoms with Crippen molar-refractivity contribution < 1.29 is 8.63 Å². The van der Waals surface area contributed by atoms with E-state index in [0.717, 1.165) is 18.1 Å². The summed E-state index contributed by atoms with van der Waals surface area (Å²) in [6.45, 7) is 11.2. The zero-order chi connectivity index (χ0) is 13.7. The highest BCUT2D eigenvalue weighted by atomic mass is 32.2. The van der Waals surface area contributed by atoms with E-state index in [4.69, 9.17) is 4.42 Å². The minimum absolute atomic E-state index is 0.201. The zero-order valence-electron chi connectivity index (χ0n) is 12.0. The van der Waals surface area contributed by atoms with Gasteiger partial charge in [0.25, 0.3) is 0 Å². The molecular weight excluding hydrogens is 246 g/mol. The molecule has 0 aliphatic heterocycles. The van der Waals surface area contributed by atoms with Crippen LogP contribution in [-0.4, -0.2) is 15.5 Å². The topological polar surface area (TPSA) is 42.2 Å². The molecule has 18 heavy (non-hydrogen) atoms. The molecule has 1 N–H and O–H groups in total. The first-order chi connectivity index (χ1) is 8.40. The second kappa shape index (κ2) is 7.10. The van der Waals surface area contributed by atoms with Gasteiger partial charge >= 0.3 is 0 Å². The molecule has 104 valence electrons. The van der Waals surface area contributed by atoms with E-state index in [9.17, 15) is 4.21 Å². The number of furan rings is 1. The average Bonchev–Trinajstić information content (AvgIpc) is 2.72. The van der Waals surface area contributed by atoms with Crippen molar-refractivity contribution in [1.29, 1.82) is 0 Å². The molecule has 0 aromatic carbocycles. The molecule has 0 spiro atoms. The van der Waals surface area contributed by atoms with Gasteiger partial charge in [-0.15, -0.1) is 0 Å². The minimum Gasteiger partial charge on any atom is -0.464 e. The molecule has 2 atom stereocenters. The number of hydrogen-bond acceptors (Lipinski definition) is 3. The van der Waals surface area contributed by atoms with Crippen LogP contribution in [0.2, 0.25) is 0 Å². The molecule has 3 nitrogen and oxygen atoms in total. The van der Waals surface area contributed by atoms with Crippen molar-refractivity contribution in [2.45, 2.75) is 58.2 Å². The van der Waals surface area contributed by atoms with Crippen molar-refractivity contribution in [3.8, 4) is 0 Å². The van der Waals surface area contributed by atoms with Crippen molar-refractivity contribution in [3.63, 3.8) is 0 Å². The van der Waals surface area contributed by atoms with Crippen molar-refractivity contribution in [2.24, 2.45) is 5.92 Å². The number of hydrogen-bond donors (Lipinski definition) is 1. The van der Waals surface area contributed by atoms with E-state index in [-0.39, 0.29) is 5.25 Å². The fourth-order valence-corrected chi connectivity index (χ4v) is 2.78. The van der Waals surface area contributed by atoms with Gasteiger partial charge in [0.1, 0.15) is 11.5 Å². The van der Waals surface area contributed by atoms with E-state index in [1.54, 1.807) is 0 Å². The smallest absolute Gasteiger partial charge is 0.118 e. The predicted octanol–water partition coefficient (Wildman–Crippen LogP) is 3.07. The largest absolute Gasteiger partial charge is 0.464 e. The summed E-state index contributed by atoms with van der Waals surface area (Å²) >= 11 is 0. The lowest BCUT2D eigenvalue weighted by molar-refractivity contribution is 0.444. The summed E-state index contributed by atoms with van der Waals surface area (Å²) in [6.07, 6.45) is 0. The van der Waals surface area contributed by atoms with Crippen LogP contribution in [0.5, 0.6) is 0 Å². The third-order valence-corrected chi connectivity index (χ3v) is 4.98. The molecule has 0 aliphatic rings. The molecule has 0 saturated heterocycles. The van der Waals surface area contributed by atoms with Crippen LogP contribution in [0.3, 0.4) is 0 Å². The summed E-state index contributed by atoms with van der Waals surface area (Å²) in [4.78, 5) is 0. The van der Waals surface area contributed by atoms with Crippen molar-refractivity contribution >= 4 is 10.8 Å². The van der Waals surface area contributed by atoms with E-state index in [0.29, 0.717) is 17.7 Å². The maximum absolute atomic E-state index is 12.1. The van der Waals surface area contributed by atoms with Crippen molar-refractivity contribution in [3.05, 3.63) is 23.7 Å². The summed E-state index contributed by atoms with van der Waals surface area (Å²) in [7, 11) is -0.859. The van der Waals surface area contributed by atoms with E-state index in [1.807, 2.05) is 19.1 Å². The van der Waals surface area contributed by atoms with E-state index in [1.165, 1.54) is 0 Å². The Morgan fingerprint density at radius 3 is 2.33 bits per heavy atom. The third-order valence-electron chi connectivity index (χ3n) is 3.04. The fourth-order valence-electron chi connectivity index (χ4n) is 1.47. The van der Waals surface area contributed by atoms with Crippen LogP contribution in [0.1, 0.15) is 46.1 Å². The van der Waals surface area contributed by atoms with Crippen LogP contribution < -0.4 is 5.32 Å². The monoisotopic (exact) mass is 271 g/mol. The van der Waals surface area contributed by atoms with Gasteiger partial charge in [-0.1, -0.05) is 34.6 Å². The molecule has 0 amide bonds. The van der Waals surface area contributed by atoms with Crippen LogP contribution in [0.4, 0.5) is 0 Å². The first-order valence-electron chi connectivity index (χ1n) is 6.58. The standard InChI is InChI=1S/C14H25NO2S/c1-10(2)12(5)18(16)9-14-7-6-13(17-14)8-15-11(3)4/h6-7,10-12,15H,8-9H2,1-5H3. The highest BCUT2D eigenvalue weighted by molar-refractivity contribution is 7.84. The molecule has 0 radical (unpaired) electrons. The summed E-state index contributed by atoms with van der Waals surface area (Å²) in [6, 6.07) is 4.33. The van der Waals surface area contributed by atoms with Crippen molar-refractivity contribution in [1.82, 2.24) is 5.32 Å². The van der Waals surface area contributed by atoms with Gasteiger partial charge in [-0.05, 0) is 18.1 Å². The second-order valence-corrected chi connectivity index (χ2v) is 7.17. The molecule has 0 aliphatic carbocycles. The maximum atomic E-state index is 12.1. The van der Waals surface area contributed by atoms with Gasteiger partial charge in [-0.2, -0.15) is 0 Å². The Morgan fingerprint density at radius 1 is 1.17 bits per heavy atom. The Hall–Kier alpha value is -0.610. The molecule has 1 rings (SSSR count). The Bertz CT molecular complexity index is 385. The lowest BCUT2D eigenvalue weighted by Crippen LogP contribution is -2.21. The van der Waals surface area contributed by atoms with Gasteiger partial charge in [-0.25, -0.2) is 0 Å². The Labute approximate surface area is 113 Å². The Morgan fingerprint density at radius 2 is 1.78 bits per heavy atom. The maximum Gasteiger partial charge on any atom is 0.118 e. The van der Waals surface area contributed by atoms with Gasteiger partial charge in [0.15, 0.2) is 0 Å². The van der Waals surface area contributed by atoms with Crippen molar-refractivity contribution in [2.75, 3.05) is 0 Å². The van der Waals surface area contributed by atoms with Crippen LogP contribution in [0, 0.1) is 5.92 Å². The predicted molar refractivity (Wildman–Crippen MR) is 76.8 cm³/mol. The molecule has 0 bridgehead atoms. The minimum atomic E-state index is -0.859. The zero-order valence-corrected chi connectivity index (χ0v) is 12.8. The van der Waals surface area contributed by atoms with E-state index >= 15 is 0 Å². The Balaban J connectivity index is 2.51. The lowest BCUT2D eigenvalue weighted by Gasteiger charge is -2.13.